The topological polar surface area (TPSA) is 66.9 Å². The quantitative estimate of drug-likeness (QED) is 0.496. The van der Waals surface area contributed by atoms with Crippen molar-refractivity contribution in [2.45, 2.75) is 37.4 Å². The van der Waals surface area contributed by atoms with Crippen molar-refractivity contribution < 1.29 is 30.6 Å². The number of alkyl halides is 3. The standard InChI is InChI=1S/C22H23F3N2O4S/c23-22(24,25)32(29,30)31-19-8-9-20-17(13-19)10-12-27(21(20)28)18-7-4-11-26(15-18)14-16-5-2-1-3-6-16/h1-3,5-6,8-9,13,18H,4,7,10-12,14-15H2. The monoisotopic (exact) mass is 468 g/mol. The zero-order chi connectivity index (χ0) is 22.9. The first-order valence-electron chi connectivity index (χ1n) is 10.3. The molecule has 2 heterocycles. The van der Waals surface area contributed by atoms with Crippen LogP contribution in [0.5, 0.6) is 5.75 Å². The average Bonchev–Trinajstić information content (AvgIpc) is 2.74. The van der Waals surface area contributed by atoms with E-state index in [-0.39, 0.29) is 11.9 Å². The van der Waals surface area contributed by atoms with E-state index in [4.69, 9.17) is 0 Å². The van der Waals surface area contributed by atoms with Gasteiger partial charge in [-0.05, 0) is 55.1 Å². The van der Waals surface area contributed by atoms with Crippen LogP contribution in [-0.4, -0.2) is 55.3 Å². The summed E-state index contributed by atoms with van der Waals surface area (Å²) in [5.74, 6) is -0.642. The first-order valence-corrected chi connectivity index (χ1v) is 11.8. The number of hydrogen-bond acceptors (Lipinski definition) is 5. The molecule has 6 nitrogen and oxygen atoms in total. The van der Waals surface area contributed by atoms with Gasteiger partial charge in [0.15, 0.2) is 0 Å². The van der Waals surface area contributed by atoms with Crippen LogP contribution in [0.1, 0.15) is 34.3 Å². The third-order valence-electron chi connectivity index (χ3n) is 5.85. The fourth-order valence-corrected chi connectivity index (χ4v) is 4.78. The fourth-order valence-electron chi connectivity index (χ4n) is 4.33. The van der Waals surface area contributed by atoms with E-state index in [1.165, 1.54) is 17.7 Å². The van der Waals surface area contributed by atoms with E-state index in [0.717, 1.165) is 38.5 Å². The van der Waals surface area contributed by atoms with Gasteiger partial charge in [-0.2, -0.15) is 21.6 Å². The normalized spacial score (nSPS) is 20.2. The Morgan fingerprint density at radius 2 is 1.81 bits per heavy atom. The highest BCUT2D eigenvalue weighted by Gasteiger charge is 2.48. The molecule has 32 heavy (non-hydrogen) atoms. The van der Waals surface area contributed by atoms with Gasteiger partial charge in [0.1, 0.15) is 5.75 Å². The van der Waals surface area contributed by atoms with Crippen LogP contribution in [0.4, 0.5) is 13.2 Å². The molecule has 2 aromatic rings. The van der Waals surface area contributed by atoms with Crippen LogP contribution in [0.25, 0.3) is 0 Å². The van der Waals surface area contributed by atoms with Gasteiger partial charge >= 0.3 is 15.6 Å². The minimum absolute atomic E-state index is 0.0506. The zero-order valence-corrected chi connectivity index (χ0v) is 18.0. The number of halogens is 3. The molecule has 4 rings (SSSR count). The minimum Gasteiger partial charge on any atom is -0.376 e. The van der Waals surface area contributed by atoms with Gasteiger partial charge in [-0.15, -0.1) is 0 Å². The molecule has 0 radical (unpaired) electrons. The molecule has 0 bridgehead atoms. The summed E-state index contributed by atoms with van der Waals surface area (Å²) < 4.78 is 64.4. The molecule has 1 atom stereocenters. The Morgan fingerprint density at radius 1 is 1.06 bits per heavy atom. The summed E-state index contributed by atoms with van der Waals surface area (Å²) in [6, 6.07) is 13.8. The summed E-state index contributed by atoms with van der Waals surface area (Å²) in [7, 11) is -5.75. The lowest BCUT2D eigenvalue weighted by Gasteiger charge is -2.41. The van der Waals surface area contributed by atoms with Crippen molar-refractivity contribution in [3.05, 3.63) is 65.2 Å². The molecule has 2 aliphatic rings. The van der Waals surface area contributed by atoms with Crippen LogP contribution >= 0.6 is 0 Å². The fraction of sp³-hybridized carbons (Fsp3) is 0.409. The molecule has 2 aromatic carbocycles. The number of nitrogens with zero attached hydrogens (tertiary/aromatic N) is 2. The molecule has 0 saturated carbocycles. The van der Waals surface area contributed by atoms with Crippen molar-refractivity contribution >= 4 is 16.0 Å². The van der Waals surface area contributed by atoms with Gasteiger partial charge < -0.3 is 9.08 Å². The number of amides is 1. The van der Waals surface area contributed by atoms with Crippen molar-refractivity contribution in [2.75, 3.05) is 19.6 Å². The van der Waals surface area contributed by atoms with E-state index in [1.807, 2.05) is 23.1 Å². The Labute approximate surface area is 184 Å². The van der Waals surface area contributed by atoms with E-state index in [0.29, 0.717) is 24.1 Å². The number of carbonyl (C=O) groups excluding carboxylic acids is 1. The van der Waals surface area contributed by atoms with Gasteiger partial charge in [0.2, 0.25) is 0 Å². The zero-order valence-electron chi connectivity index (χ0n) is 17.2. The summed E-state index contributed by atoms with van der Waals surface area (Å²) in [4.78, 5) is 17.3. The lowest BCUT2D eigenvalue weighted by Crippen LogP contribution is -2.52. The largest absolute Gasteiger partial charge is 0.534 e. The third kappa shape index (κ3) is 4.75. The number of fused-ring (bicyclic) bond motifs is 1. The Kier molecular flexibility index (Phi) is 6.17. The Morgan fingerprint density at radius 3 is 2.53 bits per heavy atom. The lowest BCUT2D eigenvalue weighted by atomic mass is 9.95. The van der Waals surface area contributed by atoms with Crippen LogP contribution < -0.4 is 4.18 Å². The van der Waals surface area contributed by atoms with Crippen molar-refractivity contribution in [3.8, 4) is 5.75 Å². The van der Waals surface area contributed by atoms with Gasteiger partial charge in [0, 0.05) is 31.2 Å². The Balaban J connectivity index is 1.45. The maximum Gasteiger partial charge on any atom is 0.534 e. The molecule has 0 N–H and O–H groups in total. The van der Waals surface area contributed by atoms with Crippen molar-refractivity contribution in [3.63, 3.8) is 0 Å². The highest BCUT2D eigenvalue weighted by atomic mass is 32.2. The number of benzene rings is 2. The summed E-state index contributed by atoms with van der Waals surface area (Å²) in [6.07, 6.45) is 2.27. The first kappa shape index (κ1) is 22.6. The van der Waals surface area contributed by atoms with Gasteiger partial charge in [-0.3, -0.25) is 9.69 Å². The predicted molar refractivity (Wildman–Crippen MR) is 112 cm³/mol. The lowest BCUT2D eigenvalue weighted by molar-refractivity contribution is -0.0500. The van der Waals surface area contributed by atoms with E-state index >= 15 is 0 Å². The smallest absolute Gasteiger partial charge is 0.376 e. The van der Waals surface area contributed by atoms with E-state index < -0.39 is 21.4 Å². The molecule has 1 unspecified atom stereocenters. The number of piperidine rings is 1. The summed E-state index contributed by atoms with van der Waals surface area (Å²) in [6.45, 7) is 2.94. The van der Waals surface area contributed by atoms with Gasteiger partial charge in [0.25, 0.3) is 5.91 Å². The van der Waals surface area contributed by atoms with Gasteiger partial charge in [0.05, 0.1) is 0 Å². The molecule has 1 saturated heterocycles. The summed E-state index contributed by atoms with van der Waals surface area (Å²) in [5, 5.41) is 0. The second-order valence-electron chi connectivity index (χ2n) is 8.07. The highest BCUT2D eigenvalue weighted by molar-refractivity contribution is 7.88. The number of carbonyl (C=O) groups is 1. The highest BCUT2D eigenvalue weighted by Crippen LogP contribution is 2.31. The number of likely N-dealkylation sites (tertiary alicyclic amines) is 1. The number of rotatable bonds is 5. The average molecular weight is 468 g/mol. The SMILES string of the molecule is O=C1c2ccc(OS(=O)(=O)C(F)(F)F)cc2CCN1C1CCCN(Cc2ccccc2)C1. The molecule has 0 aromatic heterocycles. The van der Waals surface area contributed by atoms with Crippen molar-refractivity contribution in [1.82, 2.24) is 9.80 Å². The second kappa shape index (κ2) is 8.74. The van der Waals surface area contributed by atoms with Gasteiger partial charge in [-0.25, -0.2) is 0 Å². The first-order chi connectivity index (χ1) is 15.1. The second-order valence-corrected chi connectivity index (χ2v) is 9.61. The van der Waals surface area contributed by atoms with Crippen molar-refractivity contribution in [1.29, 1.82) is 0 Å². The Bertz CT molecular complexity index is 1090. The van der Waals surface area contributed by atoms with Crippen LogP contribution in [-0.2, 0) is 23.1 Å². The molecule has 1 amide bonds. The molecule has 10 heteroatoms. The molecular weight excluding hydrogens is 445 g/mol. The Hall–Kier alpha value is -2.59. The molecule has 0 aliphatic carbocycles. The molecular formula is C22H23F3N2O4S. The van der Waals surface area contributed by atoms with Crippen LogP contribution in [0.3, 0.4) is 0 Å². The molecule has 172 valence electrons. The third-order valence-corrected chi connectivity index (χ3v) is 6.83. The minimum atomic E-state index is -5.75. The van der Waals surface area contributed by atoms with Crippen LogP contribution in [0, 0.1) is 0 Å². The molecule has 1 fully saturated rings. The molecule has 2 aliphatic heterocycles. The van der Waals surface area contributed by atoms with E-state index in [9.17, 15) is 26.4 Å². The molecule has 0 spiro atoms. The number of hydrogen-bond donors (Lipinski definition) is 0. The predicted octanol–water partition coefficient (Wildman–Crippen LogP) is 3.58. The van der Waals surface area contributed by atoms with Crippen LogP contribution in [0.15, 0.2) is 48.5 Å². The van der Waals surface area contributed by atoms with Crippen LogP contribution in [0.2, 0.25) is 0 Å². The maximum absolute atomic E-state index is 13.1. The van der Waals surface area contributed by atoms with Crippen molar-refractivity contribution in [2.24, 2.45) is 0 Å². The maximum atomic E-state index is 13.1. The van der Waals surface area contributed by atoms with Gasteiger partial charge in [-0.1, -0.05) is 30.3 Å². The van der Waals surface area contributed by atoms with E-state index in [1.54, 1.807) is 0 Å². The summed E-state index contributed by atoms with van der Waals surface area (Å²) in [5.41, 5.74) is -3.45. The van der Waals surface area contributed by atoms with E-state index in [2.05, 4.69) is 21.2 Å². The summed E-state index contributed by atoms with van der Waals surface area (Å²) >= 11 is 0.